The highest BCUT2D eigenvalue weighted by atomic mass is 16.4. The van der Waals surface area contributed by atoms with Crippen LogP contribution in [0, 0.1) is 0 Å². The average Bonchev–Trinajstić information content (AvgIpc) is 2.86. The summed E-state index contributed by atoms with van der Waals surface area (Å²) >= 11 is 0. The first-order chi connectivity index (χ1) is 16.0. The van der Waals surface area contributed by atoms with Gasteiger partial charge >= 0.3 is 7.40 Å². The van der Waals surface area contributed by atoms with E-state index in [2.05, 4.69) is 24.3 Å². The SMILES string of the molecule is NCCCC[C@H](N)C(=O)O.NCCc1ccccc1.O=Cc1ccc(-c2ccccc2)cc1.[H+]. The molecule has 0 heterocycles. The van der Waals surface area contributed by atoms with Crippen LogP contribution in [-0.4, -0.2) is 36.5 Å². The van der Waals surface area contributed by atoms with Crippen LogP contribution in [0.4, 0.5) is 0 Å². The van der Waals surface area contributed by atoms with Gasteiger partial charge in [0.2, 0.25) is 0 Å². The lowest BCUT2D eigenvalue weighted by molar-refractivity contribution is -0.138. The summed E-state index contributed by atoms with van der Waals surface area (Å²) in [5, 5.41) is 8.33. The van der Waals surface area contributed by atoms with Crippen LogP contribution in [0.5, 0.6) is 0 Å². The Labute approximate surface area is 197 Å². The molecule has 7 N–H and O–H groups in total. The zero-order chi connectivity index (χ0) is 24.3. The molecule has 176 valence electrons. The monoisotopic (exact) mass is 450 g/mol. The fraction of sp³-hybridized carbons (Fsp3) is 0.259. The van der Waals surface area contributed by atoms with E-state index in [1.54, 1.807) is 0 Å². The maximum Gasteiger partial charge on any atom is 1.00 e. The van der Waals surface area contributed by atoms with Crippen molar-refractivity contribution in [2.45, 2.75) is 31.7 Å². The number of carboxylic acid groups (broad SMARTS) is 1. The second kappa shape index (κ2) is 17.3. The third-order valence-corrected chi connectivity index (χ3v) is 4.72. The van der Waals surface area contributed by atoms with E-state index >= 15 is 0 Å². The molecule has 0 aliphatic carbocycles. The van der Waals surface area contributed by atoms with Crippen LogP contribution in [-0.2, 0) is 11.2 Å². The minimum Gasteiger partial charge on any atom is -0.480 e. The normalized spacial score (nSPS) is 10.6. The van der Waals surface area contributed by atoms with E-state index in [-0.39, 0.29) is 1.43 Å². The molecule has 0 fully saturated rings. The predicted octanol–water partition coefficient (Wildman–Crippen LogP) is 3.99. The van der Waals surface area contributed by atoms with Crippen molar-refractivity contribution < 1.29 is 16.1 Å². The summed E-state index contributed by atoms with van der Waals surface area (Å²) < 4.78 is 0. The van der Waals surface area contributed by atoms with Gasteiger partial charge in [-0.3, -0.25) is 9.59 Å². The third-order valence-electron chi connectivity index (χ3n) is 4.72. The van der Waals surface area contributed by atoms with Gasteiger partial charge in [-0.05, 0) is 49.0 Å². The van der Waals surface area contributed by atoms with E-state index in [0.717, 1.165) is 37.7 Å². The second-order valence-corrected chi connectivity index (χ2v) is 7.36. The zero-order valence-corrected chi connectivity index (χ0v) is 19.0. The van der Waals surface area contributed by atoms with Gasteiger partial charge in [-0.15, -0.1) is 0 Å². The summed E-state index contributed by atoms with van der Waals surface area (Å²) in [7, 11) is 0. The van der Waals surface area contributed by atoms with Crippen LogP contribution in [0.3, 0.4) is 0 Å². The smallest absolute Gasteiger partial charge is 0.480 e. The van der Waals surface area contributed by atoms with E-state index in [9.17, 15) is 9.59 Å². The number of hydrogen-bond donors (Lipinski definition) is 4. The van der Waals surface area contributed by atoms with Crippen LogP contribution in [0.2, 0.25) is 0 Å². The molecular formula is C27H36N3O3+. The van der Waals surface area contributed by atoms with Crippen molar-refractivity contribution in [3.8, 4) is 11.1 Å². The van der Waals surface area contributed by atoms with Gasteiger partial charge in [-0.2, -0.15) is 0 Å². The quantitative estimate of drug-likeness (QED) is 0.288. The van der Waals surface area contributed by atoms with Crippen molar-refractivity contribution in [2.75, 3.05) is 13.1 Å². The Morgan fingerprint density at radius 2 is 1.36 bits per heavy atom. The molecule has 0 amide bonds. The fourth-order valence-corrected chi connectivity index (χ4v) is 2.83. The van der Waals surface area contributed by atoms with Gasteiger partial charge in [0.25, 0.3) is 0 Å². The molecule has 0 bridgehead atoms. The number of benzene rings is 3. The lowest BCUT2D eigenvalue weighted by Crippen LogP contribution is -2.29. The van der Waals surface area contributed by atoms with Gasteiger partial charge in [0.1, 0.15) is 12.3 Å². The number of unbranched alkanes of at least 4 members (excludes halogenated alkanes) is 1. The van der Waals surface area contributed by atoms with Gasteiger partial charge in [0.05, 0.1) is 0 Å². The van der Waals surface area contributed by atoms with E-state index in [1.165, 1.54) is 11.1 Å². The fourth-order valence-electron chi connectivity index (χ4n) is 2.83. The Hall–Kier alpha value is -3.32. The zero-order valence-electron chi connectivity index (χ0n) is 20.0. The van der Waals surface area contributed by atoms with Gasteiger partial charge in [-0.1, -0.05) is 91.3 Å². The van der Waals surface area contributed by atoms with Gasteiger partial charge in [0.15, 0.2) is 0 Å². The molecular weight excluding hydrogens is 414 g/mol. The van der Waals surface area contributed by atoms with Crippen LogP contribution in [0.25, 0.3) is 11.1 Å². The summed E-state index contributed by atoms with van der Waals surface area (Å²) in [5.41, 5.74) is 20.1. The lowest BCUT2D eigenvalue weighted by Gasteiger charge is -2.03. The average molecular weight is 451 g/mol. The van der Waals surface area contributed by atoms with Crippen molar-refractivity contribution in [3.05, 3.63) is 96.1 Å². The van der Waals surface area contributed by atoms with Gasteiger partial charge in [0, 0.05) is 5.56 Å². The molecule has 0 aromatic heterocycles. The number of aliphatic carboxylic acids is 1. The number of carbonyl (C=O) groups is 2. The summed E-state index contributed by atoms with van der Waals surface area (Å²) in [5.74, 6) is -0.933. The molecule has 3 aromatic carbocycles. The molecule has 0 saturated heterocycles. The van der Waals surface area contributed by atoms with Crippen molar-refractivity contribution in [1.29, 1.82) is 0 Å². The molecule has 6 heteroatoms. The van der Waals surface area contributed by atoms with Crippen LogP contribution in [0.15, 0.2) is 84.9 Å². The molecule has 3 aromatic rings. The van der Waals surface area contributed by atoms with Crippen molar-refractivity contribution >= 4 is 12.3 Å². The molecule has 0 aliphatic heterocycles. The Bertz CT molecular complexity index is 907. The highest BCUT2D eigenvalue weighted by Crippen LogP contribution is 2.18. The second-order valence-electron chi connectivity index (χ2n) is 7.36. The highest BCUT2D eigenvalue weighted by molar-refractivity contribution is 5.76. The Morgan fingerprint density at radius 3 is 1.85 bits per heavy atom. The van der Waals surface area contributed by atoms with Crippen LogP contribution < -0.4 is 17.2 Å². The van der Waals surface area contributed by atoms with E-state index < -0.39 is 12.0 Å². The molecule has 3 rings (SSSR count). The molecule has 0 spiro atoms. The summed E-state index contributed by atoms with van der Waals surface area (Å²) in [6.07, 6.45) is 4.01. The van der Waals surface area contributed by atoms with Crippen LogP contribution >= 0.6 is 0 Å². The molecule has 1 atom stereocenters. The first kappa shape index (κ1) is 27.7. The predicted molar refractivity (Wildman–Crippen MR) is 136 cm³/mol. The Balaban J connectivity index is 0.000000490. The summed E-state index contributed by atoms with van der Waals surface area (Å²) in [6.45, 7) is 1.34. The van der Waals surface area contributed by atoms with Crippen molar-refractivity contribution in [2.24, 2.45) is 17.2 Å². The Morgan fingerprint density at radius 1 is 0.818 bits per heavy atom. The minimum absolute atomic E-state index is 0. The first-order valence-corrected chi connectivity index (χ1v) is 11.0. The molecule has 33 heavy (non-hydrogen) atoms. The molecule has 0 aliphatic rings. The van der Waals surface area contributed by atoms with E-state index in [4.69, 9.17) is 22.3 Å². The van der Waals surface area contributed by atoms with Crippen molar-refractivity contribution in [1.82, 2.24) is 0 Å². The maximum atomic E-state index is 10.5. The largest absolute Gasteiger partial charge is 1.00 e. The number of rotatable bonds is 9. The minimum atomic E-state index is -0.933. The maximum absolute atomic E-state index is 10.5. The summed E-state index contributed by atoms with van der Waals surface area (Å²) in [6, 6.07) is 27.2. The highest BCUT2D eigenvalue weighted by Gasteiger charge is 2.09. The third kappa shape index (κ3) is 12.3. The van der Waals surface area contributed by atoms with Crippen LogP contribution in [0.1, 0.15) is 36.6 Å². The first-order valence-electron chi connectivity index (χ1n) is 11.0. The number of aldehydes is 1. The molecule has 0 unspecified atom stereocenters. The molecule has 0 saturated carbocycles. The van der Waals surface area contributed by atoms with E-state index in [0.29, 0.717) is 18.5 Å². The number of nitrogens with two attached hydrogens (primary N) is 3. The van der Waals surface area contributed by atoms with Crippen molar-refractivity contribution in [3.63, 3.8) is 0 Å². The Kier molecular flexibility index (Phi) is 14.5. The topological polar surface area (TPSA) is 132 Å². The van der Waals surface area contributed by atoms with E-state index in [1.807, 2.05) is 60.7 Å². The number of hydrogen-bond acceptors (Lipinski definition) is 5. The number of carboxylic acids is 1. The standard InChI is InChI=1S/C13H10O.C8H11N.C6H14N2O2/c14-10-11-6-8-13(9-7-11)12-4-2-1-3-5-12;9-7-6-8-4-2-1-3-5-8;7-4-2-1-3-5(8)6(9)10/h1-10H;1-5H,6-7,9H2;5H,1-4,7-8H2,(H,9,10)/p+1/t;;5-/m..0/s1. The molecule has 0 radical (unpaired) electrons. The summed E-state index contributed by atoms with van der Waals surface area (Å²) in [4.78, 5) is 20.6. The lowest BCUT2D eigenvalue weighted by atomic mass is 10.0. The van der Waals surface area contributed by atoms with Gasteiger partial charge in [-0.25, -0.2) is 0 Å². The number of carbonyl (C=O) groups excluding carboxylic acids is 1. The molecule has 6 nitrogen and oxygen atoms in total. The van der Waals surface area contributed by atoms with Gasteiger partial charge < -0.3 is 22.3 Å².